The molecule has 0 aliphatic carbocycles. The summed E-state index contributed by atoms with van der Waals surface area (Å²) < 4.78 is 27.0. The lowest BCUT2D eigenvalue weighted by Crippen LogP contribution is -2.22. The average Bonchev–Trinajstić information content (AvgIpc) is 2.47. The van der Waals surface area contributed by atoms with Crippen LogP contribution in [-0.4, -0.2) is 12.5 Å². The highest BCUT2D eigenvalue weighted by atomic mass is 19.1. The zero-order chi connectivity index (χ0) is 15.2. The minimum Gasteiger partial charge on any atom is -0.381 e. The van der Waals surface area contributed by atoms with Crippen molar-refractivity contribution < 1.29 is 13.6 Å². The summed E-state index contributed by atoms with van der Waals surface area (Å²) >= 11 is 0. The third kappa shape index (κ3) is 3.78. The van der Waals surface area contributed by atoms with Gasteiger partial charge < -0.3 is 10.6 Å². The zero-order valence-corrected chi connectivity index (χ0v) is 11.6. The van der Waals surface area contributed by atoms with Gasteiger partial charge in [-0.2, -0.15) is 0 Å². The summed E-state index contributed by atoms with van der Waals surface area (Å²) in [7, 11) is 0. The van der Waals surface area contributed by atoms with Gasteiger partial charge in [0.2, 0.25) is 0 Å². The Hall–Kier alpha value is -2.43. The number of anilines is 1. The lowest BCUT2D eigenvalue weighted by molar-refractivity contribution is 0.0956. The molecule has 0 bridgehead atoms. The molecular weight excluding hydrogens is 274 g/mol. The summed E-state index contributed by atoms with van der Waals surface area (Å²) in [5, 5.41) is 5.61. The van der Waals surface area contributed by atoms with E-state index in [1.165, 1.54) is 18.2 Å². The van der Waals surface area contributed by atoms with Crippen molar-refractivity contribution in [3.63, 3.8) is 0 Å². The van der Waals surface area contributed by atoms with Crippen LogP contribution in [0.2, 0.25) is 0 Å². The van der Waals surface area contributed by atoms with Crippen molar-refractivity contribution in [1.82, 2.24) is 5.32 Å². The van der Waals surface area contributed by atoms with Gasteiger partial charge in [-0.05, 0) is 37.3 Å². The molecule has 0 atom stereocenters. The van der Waals surface area contributed by atoms with Crippen molar-refractivity contribution in [2.75, 3.05) is 11.9 Å². The molecule has 0 spiro atoms. The Kier molecular flexibility index (Phi) is 4.87. The van der Waals surface area contributed by atoms with Crippen molar-refractivity contribution in [1.29, 1.82) is 0 Å². The largest absolute Gasteiger partial charge is 0.381 e. The number of amides is 1. The van der Waals surface area contributed by atoms with E-state index in [-0.39, 0.29) is 18.0 Å². The molecule has 2 N–H and O–H groups in total. The first-order valence-electron chi connectivity index (χ1n) is 6.67. The Labute approximate surface area is 122 Å². The smallest absolute Gasteiger partial charge is 0.251 e. The van der Waals surface area contributed by atoms with E-state index in [2.05, 4.69) is 10.6 Å². The highest BCUT2D eigenvalue weighted by Crippen LogP contribution is 2.16. The summed E-state index contributed by atoms with van der Waals surface area (Å²) in [6.45, 7) is 2.38. The van der Waals surface area contributed by atoms with Gasteiger partial charge in [-0.15, -0.1) is 0 Å². The normalized spacial score (nSPS) is 10.2. The monoisotopic (exact) mass is 290 g/mol. The fraction of sp³-hybridized carbons (Fsp3) is 0.188. The number of hydrogen-bond acceptors (Lipinski definition) is 2. The van der Waals surface area contributed by atoms with Crippen LogP contribution in [0.25, 0.3) is 0 Å². The Morgan fingerprint density at radius 2 is 1.76 bits per heavy atom. The minimum absolute atomic E-state index is 0.0113. The number of benzene rings is 2. The second-order valence-corrected chi connectivity index (χ2v) is 4.49. The van der Waals surface area contributed by atoms with Gasteiger partial charge in [-0.25, -0.2) is 8.78 Å². The molecule has 2 aromatic rings. The quantitative estimate of drug-likeness (QED) is 0.887. The lowest BCUT2D eigenvalue weighted by Gasteiger charge is -2.10. The number of carbonyl (C=O) groups excluding carboxylic acids is 1. The third-order valence-electron chi connectivity index (χ3n) is 2.99. The van der Waals surface area contributed by atoms with E-state index in [0.717, 1.165) is 0 Å². The van der Waals surface area contributed by atoms with E-state index < -0.39 is 11.6 Å². The van der Waals surface area contributed by atoms with E-state index in [1.54, 1.807) is 24.3 Å². The van der Waals surface area contributed by atoms with Gasteiger partial charge in [0.25, 0.3) is 5.91 Å². The first kappa shape index (κ1) is 15.0. The highest BCUT2D eigenvalue weighted by molar-refractivity contribution is 5.95. The molecule has 0 saturated heterocycles. The maximum absolute atomic E-state index is 13.5. The van der Waals surface area contributed by atoms with Crippen LogP contribution in [0, 0.1) is 11.6 Å². The molecule has 110 valence electrons. The summed E-state index contributed by atoms with van der Waals surface area (Å²) in [6, 6.07) is 10.5. The molecule has 3 nitrogen and oxygen atoms in total. The van der Waals surface area contributed by atoms with E-state index in [0.29, 0.717) is 17.8 Å². The van der Waals surface area contributed by atoms with Gasteiger partial charge in [-0.3, -0.25) is 4.79 Å². The van der Waals surface area contributed by atoms with Gasteiger partial charge in [-0.1, -0.05) is 12.1 Å². The van der Waals surface area contributed by atoms with Crippen molar-refractivity contribution in [2.45, 2.75) is 13.5 Å². The molecular formula is C16H16F2N2O. The Morgan fingerprint density at radius 1 is 1.10 bits per heavy atom. The molecule has 5 heteroatoms. The second kappa shape index (κ2) is 6.83. The lowest BCUT2D eigenvalue weighted by atomic mass is 10.1. The van der Waals surface area contributed by atoms with Gasteiger partial charge in [0.15, 0.2) is 0 Å². The molecule has 0 aliphatic heterocycles. The second-order valence-electron chi connectivity index (χ2n) is 4.49. The fourth-order valence-corrected chi connectivity index (χ4v) is 1.92. The first-order valence-corrected chi connectivity index (χ1v) is 6.67. The topological polar surface area (TPSA) is 41.1 Å². The molecule has 0 unspecified atom stereocenters. The number of hydrogen-bond donors (Lipinski definition) is 2. The van der Waals surface area contributed by atoms with Crippen molar-refractivity contribution >= 4 is 11.6 Å². The summed E-state index contributed by atoms with van der Waals surface area (Å²) in [6.07, 6.45) is 0. The highest BCUT2D eigenvalue weighted by Gasteiger charge is 2.09. The van der Waals surface area contributed by atoms with Crippen molar-refractivity contribution in [3.8, 4) is 0 Å². The molecule has 21 heavy (non-hydrogen) atoms. The molecule has 0 saturated carbocycles. The summed E-state index contributed by atoms with van der Waals surface area (Å²) in [5.41, 5.74) is 1.10. The summed E-state index contributed by atoms with van der Waals surface area (Å²) in [4.78, 5) is 11.7. The van der Waals surface area contributed by atoms with E-state index >= 15 is 0 Å². The fourth-order valence-electron chi connectivity index (χ4n) is 1.92. The van der Waals surface area contributed by atoms with Gasteiger partial charge in [0, 0.05) is 29.9 Å². The molecule has 0 heterocycles. The number of halogens is 2. The van der Waals surface area contributed by atoms with Crippen LogP contribution >= 0.6 is 0 Å². The van der Waals surface area contributed by atoms with E-state index in [9.17, 15) is 13.6 Å². The zero-order valence-electron chi connectivity index (χ0n) is 11.6. The minimum atomic E-state index is -0.595. The van der Waals surface area contributed by atoms with E-state index in [4.69, 9.17) is 0 Å². The van der Waals surface area contributed by atoms with Gasteiger partial charge in [0.1, 0.15) is 11.6 Å². The van der Waals surface area contributed by atoms with Crippen LogP contribution in [0.4, 0.5) is 14.5 Å². The molecule has 0 radical (unpaired) electrons. The molecule has 2 rings (SSSR count). The third-order valence-corrected chi connectivity index (χ3v) is 2.99. The van der Waals surface area contributed by atoms with Crippen LogP contribution in [0.15, 0.2) is 42.5 Å². The maximum Gasteiger partial charge on any atom is 0.251 e. The predicted molar refractivity (Wildman–Crippen MR) is 78.1 cm³/mol. The molecule has 0 aromatic heterocycles. The van der Waals surface area contributed by atoms with Crippen LogP contribution in [0.3, 0.4) is 0 Å². The molecule has 1 amide bonds. The Morgan fingerprint density at radius 3 is 2.43 bits per heavy atom. The van der Waals surface area contributed by atoms with Gasteiger partial charge in [0.05, 0.1) is 0 Å². The van der Waals surface area contributed by atoms with Crippen LogP contribution in [-0.2, 0) is 6.54 Å². The SMILES string of the molecule is CCNC(=O)c1cccc(NCc2c(F)cccc2F)c1. The van der Waals surface area contributed by atoms with Crippen molar-refractivity contribution in [2.24, 2.45) is 0 Å². The Balaban J connectivity index is 2.10. The number of carbonyl (C=O) groups is 1. The number of rotatable bonds is 5. The van der Waals surface area contributed by atoms with Crippen LogP contribution in [0.1, 0.15) is 22.8 Å². The van der Waals surface area contributed by atoms with Crippen LogP contribution in [0.5, 0.6) is 0 Å². The molecule has 0 fully saturated rings. The summed E-state index contributed by atoms with van der Waals surface area (Å²) in [5.74, 6) is -1.37. The number of nitrogens with one attached hydrogen (secondary N) is 2. The molecule has 0 aliphatic rings. The van der Waals surface area contributed by atoms with Crippen molar-refractivity contribution in [3.05, 3.63) is 65.2 Å². The standard InChI is InChI=1S/C16H16F2N2O/c1-2-19-16(21)11-5-3-6-12(9-11)20-10-13-14(17)7-4-8-15(13)18/h3-9,20H,2,10H2,1H3,(H,19,21). The van der Waals surface area contributed by atoms with Gasteiger partial charge >= 0.3 is 0 Å². The first-order chi connectivity index (χ1) is 10.1. The molecule has 2 aromatic carbocycles. The predicted octanol–water partition coefficient (Wildman–Crippen LogP) is 3.33. The Bertz CT molecular complexity index is 624. The van der Waals surface area contributed by atoms with E-state index in [1.807, 2.05) is 6.92 Å². The maximum atomic E-state index is 13.5. The average molecular weight is 290 g/mol. The van der Waals surface area contributed by atoms with Crippen LogP contribution < -0.4 is 10.6 Å².